The number of benzene rings is 1. The molecular formula is C33H54O3. The lowest BCUT2D eigenvalue weighted by molar-refractivity contribution is -0.110. The summed E-state index contributed by atoms with van der Waals surface area (Å²) in [6.45, 7) is 18.7. The summed E-state index contributed by atoms with van der Waals surface area (Å²) in [5.74, 6) is 4.00. The SMILES string of the molecule is CC.CC(C)CC(C1=CC=C(OC(C)OCCOc2ccc(C3CCCCC3)cc2)CC1)C(C)(C)C. The Labute approximate surface area is 222 Å². The standard InChI is InChI=1S/C31H48O3.C2H6/c1-23(2)22-30(31(4,5)6)27-14-18-29(19-15-27)34-24(3)32-20-21-33-28-16-12-26(13-17-28)25-10-8-7-9-11-25;1-2/h12-14,16-18,23-25,30H,7-11,15,19-22H2,1-6H3;1-2H3. The molecule has 3 nitrogen and oxygen atoms in total. The molecule has 0 amide bonds. The topological polar surface area (TPSA) is 27.7 Å². The van der Waals surface area contributed by atoms with Crippen molar-refractivity contribution in [2.24, 2.45) is 17.3 Å². The van der Waals surface area contributed by atoms with Crippen LogP contribution in [-0.4, -0.2) is 19.5 Å². The van der Waals surface area contributed by atoms with Crippen molar-refractivity contribution in [3.05, 3.63) is 53.3 Å². The fourth-order valence-corrected chi connectivity index (χ4v) is 5.45. The van der Waals surface area contributed by atoms with E-state index in [1.54, 1.807) is 5.57 Å². The van der Waals surface area contributed by atoms with E-state index in [2.05, 4.69) is 71.0 Å². The first-order chi connectivity index (χ1) is 17.2. The van der Waals surface area contributed by atoms with Crippen LogP contribution in [0.3, 0.4) is 0 Å². The molecule has 36 heavy (non-hydrogen) atoms. The number of hydrogen-bond acceptors (Lipinski definition) is 3. The molecule has 2 unspecified atom stereocenters. The van der Waals surface area contributed by atoms with E-state index in [0.717, 1.165) is 30.3 Å². The van der Waals surface area contributed by atoms with Gasteiger partial charge in [0.05, 0.1) is 12.4 Å². The van der Waals surface area contributed by atoms with Crippen molar-refractivity contribution in [1.82, 2.24) is 0 Å². The number of ether oxygens (including phenoxy) is 3. The zero-order valence-electron chi connectivity index (χ0n) is 24.6. The molecular weight excluding hydrogens is 444 g/mol. The van der Waals surface area contributed by atoms with Gasteiger partial charge in [0, 0.05) is 6.42 Å². The maximum absolute atomic E-state index is 6.06. The minimum absolute atomic E-state index is 0.271. The molecule has 2 aliphatic rings. The Balaban J connectivity index is 0.00000222. The number of rotatable bonds is 11. The van der Waals surface area contributed by atoms with Gasteiger partial charge in [0.2, 0.25) is 0 Å². The van der Waals surface area contributed by atoms with Gasteiger partial charge in [0.15, 0.2) is 6.29 Å². The first kappa shape index (κ1) is 30.5. The van der Waals surface area contributed by atoms with Crippen molar-refractivity contribution < 1.29 is 14.2 Å². The van der Waals surface area contributed by atoms with Gasteiger partial charge < -0.3 is 14.2 Å². The smallest absolute Gasteiger partial charge is 0.196 e. The van der Waals surface area contributed by atoms with Gasteiger partial charge in [-0.25, -0.2) is 0 Å². The molecule has 0 spiro atoms. The summed E-state index contributed by atoms with van der Waals surface area (Å²) < 4.78 is 17.8. The van der Waals surface area contributed by atoms with Crippen molar-refractivity contribution >= 4 is 0 Å². The van der Waals surface area contributed by atoms with Crippen LogP contribution in [0.15, 0.2) is 47.7 Å². The van der Waals surface area contributed by atoms with Gasteiger partial charge in [-0.3, -0.25) is 0 Å². The van der Waals surface area contributed by atoms with Crippen LogP contribution in [0.1, 0.15) is 118 Å². The summed E-state index contributed by atoms with van der Waals surface area (Å²) in [4.78, 5) is 0. The van der Waals surface area contributed by atoms with E-state index < -0.39 is 0 Å². The lowest BCUT2D eigenvalue weighted by atomic mass is 9.70. The third-order valence-corrected chi connectivity index (χ3v) is 7.32. The Morgan fingerprint density at radius 3 is 2.08 bits per heavy atom. The van der Waals surface area contributed by atoms with Crippen molar-refractivity contribution in [3.63, 3.8) is 0 Å². The fraction of sp³-hybridized carbons (Fsp3) is 0.697. The van der Waals surface area contributed by atoms with Crippen LogP contribution in [0.5, 0.6) is 5.75 Å². The van der Waals surface area contributed by atoms with Crippen LogP contribution >= 0.6 is 0 Å². The average Bonchev–Trinajstić information content (AvgIpc) is 2.87. The average molecular weight is 499 g/mol. The molecule has 0 heterocycles. The molecule has 0 N–H and O–H groups in total. The first-order valence-corrected chi connectivity index (χ1v) is 14.6. The predicted molar refractivity (Wildman–Crippen MR) is 153 cm³/mol. The summed E-state index contributed by atoms with van der Waals surface area (Å²) >= 11 is 0. The maximum atomic E-state index is 6.06. The summed E-state index contributed by atoms with van der Waals surface area (Å²) in [7, 11) is 0. The Bertz CT molecular complexity index is 791. The van der Waals surface area contributed by atoms with E-state index in [9.17, 15) is 0 Å². The molecule has 1 aromatic carbocycles. The van der Waals surface area contributed by atoms with Crippen molar-refractivity contribution in [1.29, 1.82) is 0 Å². The molecule has 3 rings (SSSR count). The van der Waals surface area contributed by atoms with E-state index in [4.69, 9.17) is 14.2 Å². The molecule has 3 heteroatoms. The fourth-order valence-electron chi connectivity index (χ4n) is 5.45. The maximum Gasteiger partial charge on any atom is 0.196 e. The minimum Gasteiger partial charge on any atom is -0.491 e. The number of hydrogen-bond donors (Lipinski definition) is 0. The molecule has 204 valence electrons. The second-order valence-electron chi connectivity index (χ2n) is 11.7. The van der Waals surface area contributed by atoms with Crippen molar-refractivity contribution in [2.45, 2.75) is 119 Å². The molecule has 2 atom stereocenters. The summed E-state index contributed by atoms with van der Waals surface area (Å²) in [6.07, 6.45) is 14.2. The Hall–Kier alpha value is -1.74. The summed E-state index contributed by atoms with van der Waals surface area (Å²) in [6, 6.07) is 8.68. The lowest BCUT2D eigenvalue weighted by Crippen LogP contribution is -2.25. The van der Waals surface area contributed by atoms with Crippen molar-refractivity contribution in [2.75, 3.05) is 13.2 Å². The van der Waals surface area contributed by atoms with E-state index in [0.29, 0.717) is 25.0 Å². The molecule has 0 radical (unpaired) electrons. The summed E-state index contributed by atoms with van der Waals surface area (Å²) in [5, 5.41) is 0. The normalized spacial score (nSPS) is 18.5. The molecule has 1 fully saturated rings. The largest absolute Gasteiger partial charge is 0.491 e. The van der Waals surface area contributed by atoms with Gasteiger partial charge in [-0.2, -0.15) is 0 Å². The molecule has 1 aromatic rings. The molecule has 1 saturated carbocycles. The minimum atomic E-state index is -0.271. The van der Waals surface area contributed by atoms with Crippen LogP contribution in [0.2, 0.25) is 0 Å². The molecule has 0 aromatic heterocycles. The third kappa shape index (κ3) is 10.3. The van der Waals surface area contributed by atoms with Gasteiger partial charge in [0.25, 0.3) is 0 Å². The van der Waals surface area contributed by atoms with Gasteiger partial charge >= 0.3 is 0 Å². The molecule has 0 saturated heterocycles. The third-order valence-electron chi connectivity index (χ3n) is 7.32. The monoisotopic (exact) mass is 498 g/mol. The second-order valence-corrected chi connectivity index (χ2v) is 11.7. The summed E-state index contributed by atoms with van der Waals surface area (Å²) in [5.41, 5.74) is 3.31. The van der Waals surface area contributed by atoms with E-state index in [1.165, 1.54) is 44.1 Å². The Morgan fingerprint density at radius 1 is 0.861 bits per heavy atom. The molecule has 2 aliphatic carbocycles. The van der Waals surface area contributed by atoms with Gasteiger partial charge in [-0.05, 0) is 79.5 Å². The highest BCUT2D eigenvalue weighted by Gasteiger charge is 2.29. The molecule has 0 aliphatic heterocycles. The second kappa shape index (κ2) is 15.5. The lowest BCUT2D eigenvalue weighted by Gasteiger charge is -2.35. The Kier molecular flexibility index (Phi) is 13.1. The highest BCUT2D eigenvalue weighted by atomic mass is 16.7. The van der Waals surface area contributed by atoms with Crippen molar-refractivity contribution in [3.8, 4) is 5.75 Å². The van der Waals surface area contributed by atoms with Crippen LogP contribution in [0.4, 0.5) is 0 Å². The zero-order chi connectivity index (χ0) is 26.6. The quantitative estimate of drug-likeness (QED) is 0.224. The van der Waals surface area contributed by atoms with Gasteiger partial charge in [0.1, 0.15) is 12.4 Å². The van der Waals surface area contributed by atoms with Crippen LogP contribution in [-0.2, 0) is 9.47 Å². The first-order valence-electron chi connectivity index (χ1n) is 14.6. The van der Waals surface area contributed by atoms with E-state index in [-0.39, 0.29) is 11.7 Å². The highest BCUT2D eigenvalue weighted by Crippen LogP contribution is 2.40. The predicted octanol–water partition coefficient (Wildman–Crippen LogP) is 9.83. The van der Waals surface area contributed by atoms with E-state index in [1.807, 2.05) is 20.8 Å². The van der Waals surface area contributed by atoms with Gasteiger partial charge in [-0.1, -0.05) is 91.5 Å². The number of allylic oxidation sites excluding steroid dienone is 4. The zero-order valence-corrected chi connectivity index (χ0v) is 24.6. The highest BCUT2D eigenvalue weighted by molar-refractivity contribution is 5.29. The Morgan fingerprint density at radius 2 is 1.53 bits per heavy atom. The van der Waals surface area contributed by atoms with Gasteiger partial charge in [-0.15, -0.1) is 0 Å². The molecule has 0 bridgehead atoms. The van der Waals surface area contributed by atoms with E-state index >= 15 is 0 Å². The van der Waals surface area contributed by atoms with Crippen LogP contribution in [0.25, 0.3) is 0 Å². The van der Waals surface area contributed by atoms with Crippen LogP contribution < -0.4 is 4.74 Å². The van der Waals surface area contributed by atoms with Crippen LogP contribution in [0, 0.1) is 17.3 Å².